The van der Waals surface area contributed by atoms with Gasteiger partial charge in [-0.15, -0.1) is 0 Å². The normalized spacial score (nSPS) is 15.1. The number of ether oxygens (including phenoxy) is 2. The molecule has 1 fully saturated rings. The molecule has 1 heterocycles. The average molecular weight is 677 g/mol. The Hall–Kier alpha value is -3.83. The number of rotatable bonds is 15. The monoisotopic (exact) mass is 675 g/mol. The van der Waals surface area contributed by atoms with E-state index in [0.717, 1.165) is 50.8 Å². The van der Waals surface area contributed by atoms with Crippen molar-refractivity contribution in [2.45, 2.75) is 31.1 Å². The number of benzene rings is 4. The quantitative estimate of drug-likeness (QED) is 0.134. The Kier molecular flexibility index (Phi) is 11.3. The zero-order valence-corrected chi connectivity index (χ0v) is 26.4. The summed E-state index contributed by atoms with van der Waals surface area (Å²) in [6.07, 6.45) is 0.110. The molecule has 1 aliphatic heterocycles. The number of hydrogen-bond donors (Lipinski definition) is 3. The number of aliphatic hydroxyl groups is 1. The number of amides is 2. The Morgan fingerprint density at radius 2 is 1.50 bits per heavy atom. The van der Waals surface area contributed by atoms with Gasteiger partial charge in [-0.25, -0.2) is 0 Å². The fourth-order valence-corrected chi connectivity index (χ4v) is 5.74. The predicted octanol–water partition coefficient (Wildman–Crippen LogP) is 5.92. The van der Waals surface area contributed by atoms with E-state index >= 15 is 0 Å². The summed E-state index contributed by atoms with van der Waals surface area (Å²) in [5, 5.41) is 15.1. The van der Waals surface area contributed by atoms with Crippen molar-refractivity contribution in [3.8, 4) is 11.5 Å². The molecule has 10 heteroatoms. The summed E-state index contributed by atoms with van der Waals surface area (Å²) in [6, 6.07) is 33.3. The molecular weight excluding hydrogens is 642 g/mol. The SMILES string of the molecule is O=C1NC(=O)C(N(Cc2ccc(Br)cc2)c2ccc(CCNC[C@H](O)COc3ccc(OCc4ccccc4)cc3)cc2)S1. The Balaban J connectivity index is 1.04. The average Bonchev–Trinajstić information content (AvgIpc) is 3.39. The number of anilines is 1. The number of aliphatic hydroxyl groups excluding tert-OH is 1. The van der Waals surface area contributed by atoms with Gasteiger partial charge in [-0.2, -0.15) is 0 Å². The molecule has 44 heavy (non-hydrogen) atoms. The third-order valence-corrected chi connectivity index (χ3v) is 8.51. The second kappa shape index (κ2) is 15.8. The molecule has 0 spiro atoms. The van der Waals surface area contributed by atoms with Crippen molar-refractivity contribution in [3.05, 3.63) is 124 Å². The van der Waals surface area contributed by atoms with E-state index in [1.807, 2.05) is 108 Å². The molecule has 2 atom stereocenters. The summed E-state index contributed by atoms with van der Waals surface area (Å²) in [4.78, 5) is 26.3. The molecule has 228 valence electrons. The lowest BCUT2D eigenvalue weighted by Crippen LogP contribution is -2.39. The van der Waals surface area contributed by atoms with E-state index in [4.69, 9.17) is 9.47 Å². The Labute approximate surface area is 269 Å². The van der Waals surface area contributed by atoms with Gasteiger partial charge in [0.25, 0.3) is 11.1 Å². The molecule has 0 aromatic heterocycles. The summed E-state index contributed by atoms with van der Waals surface area (Å²) in [6.45, 7) is 2.25. The highest BCUT2D eigenvalue weighted by atomic mass is 79.9. The van der Waals surface area contributed by atoms with Gasteiger partial charge in [0, 0.05) is 23.2 Å². The van der Waals surface area contributed by atoms with Crippen LogP contribution in [0.4, 0.5) is 10.5 Å². The van der Waals surface area contributed by atoms with Gasteiger partial charge in [-0.1, -0.05) is 70.5 Å². The van der Waals surface area contributed by atoms with Crippen molar-refractivity contribution in [1.82, 2.24) is 10.6 Å². The molecule has 5 rings (SSSR count). The van der Waals surface area contributed by atoms with Gasteiger partial charge in [0.05, 0.1) is 0 Å². The zero-order valence-electron chi connectivity index (χ0n) is 24.0. The molecule has 0 radical (unpaired) electrons. The van der Waals surface area contributed by atoms with Crippen LogP contribution in [0, 0.1) is 0 Å². The number of halogens is 1. The minimum absolute atomic E-state index is 0.176. The molecule has 1 saturated heterocycles. The molecular formula is C34H34BrN3O5S. The summed E-state index contributed by atoms with van der Waals surface area (Å²) in [5.41, 5.74) is 4.11. The van der Waals surface area contributed by atoms with Gasteiger partial charge in [0.1, 0.15) is 30.8 Å². The van der Waals surface area contributed by atoms with Crippen LogP contribution >= 0.6 is 27.7 Å². The molecule has 0 bridgehead atoms. The highest BCUT2D eigenvalue weighted by Gasteiger charge is 2.36. The zero-order chi connectivity index (χ0) is 30.7. The summed E-state index contributed by atoms with van der Waals surface area (Å²) < 4.78 is 12.5. The van der Waals surface area contributed by atoms with Gasteiger partial charge in [-0.3, -0.25) is 14.9 Å². The Morgan fingerprint density at radius 3 is 2.16 bits per heavy atom. The summed E-state index contributed by atoms with van der Waals surface area (Å²) in [5.74, 6) is 1.12. The Bertz CT molecular complexity index is 1510. The first-order chi connectivity index (χ1) is 21.4. The van der Waals surface area contributed by atoms with Crippen LogP contribution in [-0.4, -0.2) is 47.4 Å². The van der Waals surface area contributed by atoms with E-state index < -0.39 is 11.5 Å². The second-order valence-electron chi connectivity index (χ2n) is 10.3. The minimum Gasteiger partial charge on any atom is -0.491 e. The number of hydrogen-bond acceptors (Lipinski definition) is 8. The van der Waals surface area contributed by atoms with Gasteiger partial charge in [0.15, 0.2) is 5.37 Å². The van der Waals surface area contributed by atoms with Crippen LogP contribution in [0.15, 0.2) is 108 Å². The minimum atomic E-state index is -0.656. The highest BCUT2D eigenvalue weighted by molar-refractivity contribution is 9.10. The number of thioether (sulfide) groups is 1. The van der Waals surface area contributed by atoms with Crippen LogP contribution < -0.4 is 25.0 Å². The maximum Gasteiger partial charge on any atom is 0.288 e. The predicted molar refractivity (Wildman–Crippen MR) is 177 cm³/mol. The van der Waals surface area contributed by atoms with E-state index in [1.165, 1.54) is 0 Å². The smallest absolute Gasteiger partial charge is 0.288 e. The van der Waals surface area contributed by atoms with E-state index in [2.05, 4.69) is 26.6 Å². The molecule has 0 aliphatic carbocycles. The maximum absolute atomic E-state index is 12.5. The van der Waals surface area contributed by atoms with Crippen LogP contribution in [0.5, 0.6) is 11.5 Å². The van der Waals surface area contributed by atoms with Crippen LogP contribution in [0.3, 0.4) is 0 Å². The lowest BCUT2D eigenvalue weighted by Gasteiger charge is -2.28. The van der Waals surface area contributed by atoms with E-state index in [0.29, 0.717) is 32.0 Å². The lowest BCUT2D eigenvalue weighted by molar-refractivity contribution is -0.119. The van der Waals surface area contributed by atoms with Crippen molar-refractivity contribution in [3.63, 3.8) is 0 Å². The first-order valence-corrected chi connectivity index (χ1v) is 16.0. The summed E-state index contributed by atoms with van der Waals surface area (Å²) >= 11 is 4.45. The molecule has 4 aromatic rings. The molecule has 3 N–H and O–H groups in total. The number of nitrogens with one attached hydrogen (secondary N) is 2. The number of nitrogens with zero attached hydrogens (tertiary/aromatic N) is 1. The number of imide groups is 1. The van der Waals surface area contributed by atoms with Crippen molar-refractivity contribution in [1.29, 1.82) is 0 Å². The Morgan fingerprint density at radius 1 is 0.841 bits per heavy atom. The fourth-order valence-electron chi connectivity index (χ4n) is 4.63. The fraction of sp³-hybridized carbons (Fsp3) is 0.235. The lowest BCUT2D eigenvalue weighted by atomic mass is 10.1. The van der Waals surface area contributed by atoms with Crippen LogP contribution in [0.2, 0.25) is 0 Å². The molecule has 4 aromatic carbocycles. The largest absolute Gasteiger partial charge is 0.491 e. The summed E-state index contributed by atoms with van der Waals surface area (Å²) in [7, 11) is 0. The molecule has 1 aliphatic rings. The second-order valence-corrected chi connectivity index (χ2v) is 12.3. The van der Waals surface area contributed by atoms with E-state index in [-0.39, 0.29) is 17.8 Å². The molecule has 2 amide bonds. The van der Waals surface area contributed by atoms with Crippen LogP contribution in [0.25, 0.3) is 0 Å². The van der Waals surface area contributed by atoms with Gasteiger partial charge in [-0.05, 0) is 89.9 Å². The van der Waals surface area contributed by atoms with Gasteiger partial charge < -0.3 is 24.8 Å². The van der Waals surface area contributed by atoms with Crippen molar-refractivity contribution in [2.75, 3.05) is 24.6 Å². The van der Waals surface area contributed by atoms with Crippen molar-refractivity contribution >= 4 is 44.5 Å². The first-order valence-electron chi connectivity index (χ1n) is 14.3. The molecule has 8 nitrogen and oxygen atoms in total. The third-order valence-electron chi connectivity index (χ3n) is 6.97. The maximum atomic E-state index is 12.5. The highest BCUT2D eigenvalue weighted by Crippen LogP contribution is 2.30. The standard InChI is InChI=1S/C34H34BrN3O5S/c35-27-10-6-25(7-11-27)21-38(33-32(40)37-34(41)44-33)28-12-8-24(9-13-28)18-19-36-20-29(39)23-43-31-16-14-30(15-17-31)42-22-26-4-2-1-3-5-26/h1-17,29,33,36,39H,18-23H2,(H,37,40,41)/t29-,33?/m0/s1. The van der Waals surface area contributed by atoms with Gasteiger partial charge in [0.2, 0.25) is 0 Å². The molecule has 1 unspecified atom stereocenters. The van der Waals surface area contributed by atoms with E-state index in [9.17, 15) is 14.7 Å². The van der Waals surface area contributed by atoms with Crippen LogP contribution in [0.1, 0.15) is 16.7 Å². The molecule has 0 saturated carbocycles. The number of carbonyl (C=O) groups is 2. The number of carbonyl (C=O) groups excluding carboxylic acids is 2. The van der Waals surface area contributed by atoms with Crippen LogP contribution in [-0.2, 0) is 24.4 Å². The van der Waals surface area contributed by atoms with Gasteiger partial charge >= 0.3 is 0 Å². The topological polar surface area (TPSA) is 100 Å². The third kappa shape index (κ3) is 9.33. The first kappa shape index (κ1) is 31.6. The van der Waals surface area contributed by atoms with Crippen molar-refractivity contribution in [2.24, 2.45) is 0 Å². The van der Waals surface area contributed by atoms with E-state index in [1.54, 1.807) is 0 Å². The van der Waals surface area contributed by atoms with Crippen molar-refractivity contribution < 1.29 is 24.2 Å².